The van der Waals surface area contributed by atoms with Gasteiger partial charge < -0.3 is 20.3 Å². The van der Waals surface area contributed by atoms with E-state index in [1.54, 1.807) is 4.57 Å². The van der Waals surface area contributed by atoms with Gasteiger partial charge in [-0.15, -0.1) is 0 Å². The Morgan fingerprint density at radius 3 is 2.60 bits per heavy atom. The zero-order chi connectivity index (χ0) is 21.0. The van der Waals surface area contributed by atoms with Crippen LogP contribution in [0.1, 0.15) is 34.8 Å². The minimum absolute atomic E-state index is 0.0444. The molecule has 1 aliphatic heterocycles. The third-order valence-electron chi connectivity index (χ3n) is 5.60. The van der Waals surface area contributed by atoms with Crippen molar-refractivity contribution >= 4 is 34.2 Å². The van der Waals surface area contributed by atoms with Crippen LogP contribution in [-0.4, -0.2) is 27.6 Å². The number of hydrogen-bond acceptors (Lipinski definition) is 4. The fourth-order valence-corrected chi connectivity index (χ4v) is 3.96. The second-order valence-electron chi connectivity index (χ2n) is 7.70. The Bertz CT molecular complexity index is 1270. The molecule has 3 aromatic rings. The fourth-order valence-electron chi connectivity index (χ4n) is 3.96. The number of rotatable bonds is 4. The van der Waals surface area contributed by atoms with Gasteiger partial charge in [-0.1, -0.05) is 30.3 Å². The number of amides is 1. The molecule has 7 nitrogen and oxygen atoms in total. The molecule has 1 atom stereocenters. The van der Waals surface area contributed by atoms with Crippen molar-refractivity contribution < 1.29 is 19.1 Å². The number of pyridine rings is 1. The molecule has 152 valence electrons. The van der Waals surface area contributed by atoms with Crippen molar-refractivity contribution in [1.29, 1.82) is 0 Å². The summed E-state index contributed by atoms with van der Waals surface area (Å²) in [6.45, 7) is 0. The predicted octanol–water partition coefficient (Wildman–Crippen LogP) is 3.15. The molecule has 1 unspecified atom stereocenters. The van der Waals surface area contributed by atoms with Crippen LogP contribution in [0.2, 0.25) is 0 Å². The monoisotopic (exact) mass is 407 g/mol. The Morgan fingerprint density at radius 1 is 1.20 bits per heavy atom. The van der Waals surface area contributed by atoms with Crippen LogP contribution in [0.4, 0.5) is 15.8 Å². The van der Waals surface area contributed by atoms with Crippen molar-refractivity contribution in [3.8, 4) is 0 Å². The first kappa shape index (κ1) is 18.4. The molecule has 1 fully saturated rings. The summed E-state index contributed by atoms with van der Waals surface area (Å²) in [5.74, 6) is -2.37. The van der Waals surface area contributed by atoms with E-state index in [0.717, 1.165) is 18.4 Å². The first-order valence-electron chi connectivity index (χ1n) is 9.70. The summed E-state index contributed by atoms with van der Waals surface area (Å²) in [6.07, 6.45) is 3.17. The fraction of sp³-hybridized carbons (Fsp3) is 0.227. The quantitative estimate of drug-likeness (QED) is 0.617. The maximum Gasteiger partial charge on any atom is 0.341 e. The normalized spacial score (nSPS) is 17.9. The van der Waals surface area contributed by atoms with Crippen molar-refractivity contribution in [2.45, 2.75) is 31.3 Å². The lowest BCUT2D eigenvalue weighted by molar-refractivity contribution is -0.117. The van der Waals surface area contributed by atoms with E-state index in [-0.39, 0.29) is 34.2 Å². The Hall–Kier alpha value is -3.68. The van der Waals surface area contributed by atoms with Gasteiger partial charge in [-0.3, -0.25) is 9.59 Å². The number of fused-ring (bicyclic) bond motifs is 2. The summed E-state index contributed by atoms with van der Waals surface area (Å²) in [5.41, 5.74) is 0.0582. The lowest BCUT2D eigenvalue weighted by atomic mass is 10.0. The lowest BCUT2D eigenvalue weighted by Crippen LogP contribution is -2.41. The van der Waals surface area contributed by atoms with Gasteiger partial charge in [-0.25, -0.2) is 9.18 Å². The molecule has 30 heavy (non-hydrogen) atoms. The number of carboxylic acids is 1. The zero-order valence-corrected chi connectivity index (χ0v) is 15.8. The average molecular weight is 407 g/mol. The number of halogens is 1. The van der Waals surface area contributed by atoms with Gasteiger partial charge in [0.1, 0.15) is 11.6 Å². The number of carbonyl (C=O) groups excluding carboxylic acids is 1. The maximum absolute atomic E-state index is 15.6. The molecule has 8 heteroatoms. The molecule has 0 saturated heterocycles. The highest BCUT2D eigenvalue weighted by Crippen LogP contribution is 2.41. The van der Waals surface area contributed by atoms with E-state index in [0.29, 0.717) is 6.42 Å². The molecule has 2 aliphatic rings. The number of anilines is 2. The SMILES string of the molecule is O=C(O)c1cn(C2CC2)c2c(F)c3c(cc2c1=O)NC(=O)C(Cc1ccccc1)N3. The smallest absolute Gasteiger partial charge is 0.341 e. The molecule has 2 aromatic carbocycles. The van der Waals surface area contributed by atoms with E-state index in [9.17, 15) is 19.5 Å². The highest BCUT2D eigenvalue weighted by Gasteiger charge is 2.33. The molecule has 0 spiro atoms. The van der Waals surface area contributed by atoms with Crippen molar-refractivity contribution in [3.05, 3.63) is 69.8 Å². The zero-order valence-electron chi connectivity index (χ0n) is 15.8. The molecule has 2 heterocycles. The topological polar surface area (TPSA) is 100 Å². The summed E-state index contributed by atoms with van der Waals surface area (Å²) in [5, 5.41) is 15.0. The number of aromatic carboxylic acids is 1. The molecular formula is C22H18FN3O4. The van der Waals surface area contributed by atoms with Gasteiger partial charge in [0, 0.05) is 18.7 Å². The second-order valence-corrected chi connectivity index (χ2v) is 7.70. The van der Waals surface area contributed by atoms with Crippen LogP contribution in [0.3, 0.4) is 0 Å². The van der Waals surface area contributed by atoms with Crippen LogP contribution in [0.5, 0.6) is 0 Å². The molecule has 1 aliphatic carbocycles. The molecular weight excluding hydrogens is 389 g/mol. The second kappa shape index (κ2) is 6.69. The first-order valence-corrected chi connectivity index (χ1v) is 9.70. The van der Waals surface area contributed by atoms with Gasteiger partial charge in [0.05, 0.1) is 22.3 Å². The van der Waals surface area contributed by atoms with E-state index in [1.165, 1.54) is 12.3 Å². The van der Waals surface area contributed by atoms with E-state index < -0.39 is 28.8 Å². The minimum atomic E-state index is -1.36. The standard InChI is InChI=1S/C22H18FN3O4/c23-17-18-15(25-21(28)16(24-18)8-11-4-2-1-3-5-11)9-13-19(17)26(12-6-7-12)10-14(20(13)27)22(29)30/h1-5,9-10,12,16,24H,6-8H2,(H,25,28)(H,29,30). The van der Waals surface area contributed by atoms with Crippen molar-refractivity contribution in [2.75, 3.05) is 10.6 Å². The van der Waals surface area contributed by atoms with Crippen LogP contribution < -0.4 is 16.1 Å². The average Bonchev–Trinajstić information content (AvgIpc) is 3.56. The highest BCUT2D eigenvalue weighted by atomic mass is 19.1. The number of benzene rings is 2. The molecule has 1 amide bonds. The number of hydrogen-bond donors (Lipinski definition) is 3. The molecule has 3 N–H and O–H groups in total. The summed E-state index contributed by atoms with van der Waals surface area (Å²) < 4.78 is 17.2. The van der Waals surface area contributed by atoms with Gasteiger partial charge in [0.2, 0.25) is 11.3 Å². The van der Waals surface area contributed by atoms with Crippen molar-refractivity contribution in [1.82, 2.24) is 4.57 Å². The van der Waals surface area contributed by atoms with Crippen LogP contribution in [-0.2, 0) is 11.2 Å². The maximum atomic E-state index is 15.6. The van der Waals surface area contributed by atoms with Gasteiger partial charge in [-0.05, 0) is 24.5 Å². The third kappa shape index (κ3) is 2.92. The highest BCUT2D eigenvalue weighted by molar-refractivity contribution is 6.07. The van der Waals surface area contributed by atoms with Gasteiger partial charge in [0.15, 0.2) is 5.82 Å². The Morgan fingerprint density at radius 2 is 1.93 bits per heavy atom. The van der Waals surface area contributed by atoms with Gasteiger partial charge >= 0.3 is 5.97 Å². The van der Waals surface area contributed by atoms with Crippen molar-refractivity contribution in [3.63, 3.8) is 0 Å². The van der Waals surface area contributed by atoms with Gasteiger partial charge in [-0.2, -0.15) is 0 Å². The van der Waals surface area contributed by atoms with E-state index in [1.807, 2.05) is 30.3 Å². The van der Waals surface area contributed by atoms with E-state index in [2.05, 4.69) is 10.6 Å². The van der Waals surface area contributed by atoms with Crippen LogP contribution in [0.25, 0.3) is 10.9 Å². The molecule has 1 saturated carbocycles. The largest absolute Gasteiger partial charge is 0.477 e. The lowest BCUT2D eigenvalue weighted by Gasteiger charge is -2.28. The van der Waals surface area contributed by atoms with Crippen LogP contribution >= 0.6 is 0 Å². The van der Waals surface area contributed by atoms with E-state index >= 15 is 4.39 Å². The summed E-state index contributed by atoms with van der Waals surface area (Å²) >= 11 is 0. The number of aromatic nitrogens is 1. The Balaban J connectivity index is 1.65. The molecule has 5 rings (SSSR count). The van der Waals surface area contributed by atoms with Gasteiger partial charge in [0.25, 0.3) is 0 Å². The van der Waals surface area contributed by atoms with E-state index in [4.69, 9.17) is 0 Å². The first-order chi connectivity index (χ1) is 14.4. The summed E-state index contributed by atoms with van der Waals surface area (Å²) in [6, 6.07) is 10.0. The number of carbonyl (C=O) groups is 2. The number of carboxylic acid groups (broad SMARTS) is 1. The summed E-state index contributed by atoms with van der Waals surface area (Å²) in [7, 11) is 0. The Labute approximate surface area is 170 Å². The van der Waals surface area contributed by atoms with Crippen molar-refractivity contribution in [2.24, 2.45) is 0 Å². The molecule has 0 bridgehead atoms. The third-order valence-corrected chi connectivity index (χ3v) is 5.60. The summed E-state index contributed by atoms with van der Waals surface area (Å²) in [4.78, 5) is 36.8. The predicted molar refractivity (Wildman–Crippen MR) is 110 cm³/mol. The Kier molecular flexibility index (Phi) is 4.09. The molecule has 0 radical (unpaired) electrons. The molecule has 1 aromatic heterocycles. The number of nitrogens with one attached hydrogen (secondary N) is 2. The van der Waals surface area contributed by atoms with Crippen LogP contribution in [0, 0.1) is 5.82 Å². The minimum Gasteiger partial charge on any atom is -0.477 e. The van der Waals surface area contributed by atoms with Crippen LogP contribution in [0.15, 0.2) is 47.4 Å². The number of nitrogens with zero attached hydrogens (tertiary/aromatic N) is 1.